The van der Waals surface area contributed by atoms with Gasteiger partial charge in [0, 0.05) is 12.8 Å². The summed E-state index contributed by atoms with van der Waals surface area (Å²) in [6.07, 6.45) is 2.43. The van der Waals surface area contributed by atoms with E-state index in [1.807, 2.05) is 91.0 Å². The highest BCUT2D eigenvalue weighted by atomic mass is 16.5. The molecule has 0 spiro atoms. The summed E-state index contributed by atoms with van der Waals surface area (Å²) in [6, 6.07) is 27.5. The lowest BCUT2D eigenvalue weighted by Crippen LogP contribution is -2.59. The van der Waals surface area contributed by atoms with Crippen LogP contribution >= 0.6 is 0 Å². The maximum Gasteiger partial charge on any atom is 0.338 e. The van der Waals surface area contributed by atoms with Crippen LogP contribution in [0.25, 0.3) is 0 Å². The molecule has 0 aliphatic heterocycles. The van der Waals surface area contributed by atoms with Gasteiger partial charge in [-0.2, -0.15) is 0 Å². The topological polar surface area (TPSA) is 87.0 Å². The van der Waals surface area contributed by atoms with Gasteiger partial charge < -0.3 is 20.1 Å². The van der Waals surface area contributed by atoms with Gasteiger partial charge in [0.25, 0.3) is 0 Å². The van der Waals surface area contributed by atoms with Gasteiger partial charge in [-0.15, -0.1) is 0 Å². The fourth-order valence-corrected chi connectivity index (χ4v) is 4.07. The molecule has 0 amide bonds. The summed E-state index contributed by atoms with van der Waals surface area (Å²) < 4.78 is 5.39. The zero-order chi connectivity index (χ0) is 23.3. The van der Waals surface area contributed by atoms with Gasteiger partial charge in [0.1, 0.15) is 18.0 Å². The Morgan fingerprint density at radius 1 is 0.727 bits per heavy atom. The third-order valence-corrected chi connectivity index (χ3v) is 5.89. The highest BCUT2D eigenvalue weighted by molar-refractivity contribution is 5.92. The first-order valence-corrected chi connectivity index (χ1v) is 10.8. The lowest BCUT2D eigenvalue weighted by Gasteiger charge is -2.44. The zero-order valence-electron chi connectivity index (χ0n) is 18.1. The summed E-state index contributed by atoms with van der Waals surface area (Å²) in [5.74, 6) is -1.18. The van der Waals surface area contributed by atoms with Crippen LogP contribution in [0.5, 0.6) is 0 Å². The summed E-state index contributed by atoms with van der Waals surface area (Å²) in [7, 11) is 0. The lowest BCUT2D eigenvalue weighted by atomic mass is 9.70. The van der Waals surface area contributed by atoms with Gasteiger partial charge in [-0.1, -0.05) is 91.0 Å². The van der Waals surface area contributed by atoms with Crippen molar-refractivity contribution in [3.05, 3.63) is 131 Å². The molecule has 1 aliphatic carbocycles. The molecule has 168 valence electrons. The Hall–Kier alpha value is -3.67. The Bertz CT molecular complexity index is 1150. The summed E-state index contributed by atoms with van der Waals surface area (Å²) in [6.45, 7) is 0.0526. The van der Waals surface area contributed by atoms with E-state index in [1.165, 1.54) is 12.2 Å². The molecule has 5 nitrogen and oxygen atoms in total. The van der Waals surface area contributed by atoms with Crippen LogP contribution in [0.4, 0.5) is 0 Å². The number of benzene rings is 3. The number of carbonyl (C=O) groups is 1. The van der Waals surface area contributed by atoms with Crippen molar-refractivity contribution < 1.29 is 24.9 Å². The average molecular weight is 443 g/mol. The van der Waals surface area contributed by atoms with Crippen molar-refractivity contribution >= 4 is 5.97 Å². The maximum atomic E-state index is 12.8. The van der Waals surface area contributed by atoms with Gasteiger partial charge in [0.2, 0.25) is 0 Å². The molecule has 5 heteroatoms. The van der Waals surface area contributed by atoms with E-state index in [0.29, 0.717) is 0 Å². The zero-order valence-corrected chi connectivity index (χ0v) is 18.1. The summed E-state index contributed by atoms with van der Waals surface area (Å²) >= 11 is 0. The smallest absolute Gasteiger partial charge is 0.338 e. The molecule has 2 atom stereocenters. The second kappa shape index (κ2) is 9.45. The van der Waals surface area contributed by atoms with E-state index in [1.54, 1.807) is 0 Å². The molecule has 0 saturated heterocycles. The molecule has 3 N–H and O–H groups in total. The van der Waals surface area contributed by atoms with Crippen LogP contribution in [-0.4, -0.2) is 32.5 Å². The van der Waals surface area contributed by atoms with Crippen LogP contribution in [0.3, 0.4) is 0 Å². The molecule has 2 unspecified atom stereocenters. The summed E-state index contributed by atoms with van der Waals surface area (Å²) in [4.78, 5) is 12.8. The molecule has 3 aromatic rings. The van der Waals surface area contributed by atoms with Crippen LogP contribution in [0.15, 0.2) is 114 Å². The molecule has 3 aromatic carbocycles. The van der Waals surface area contributed by atoms with E-state index in [4.69, 9.17) is 4.74 Å². The van der Waals surface area contributed by atoms with Gasteiger partial charge in [-0.3, -0.25) is 0 Å². The van der Waals surface area contributed by atoms with E-state index >= 15 is 0 Å². The van der Waals surface area contributed by atoms with Crippen molar-refractivity contribution in [2.75, 3.05) is 0 Å². The Balaban J connectivity index is 1.66. The van der Waals surface area contributed by atoms with Crippen molar-refractivity contribution in [3.63, 3.8) is 0 Å². The van der Waals surface area contributed by atoms with E-state index in [0.717, 1.165) is 16.7 Å². The Kier molecular flexibility index (Phi) is 6.45. The Labute approximate surface area is 192 Å². The van der Waals surface area contributed by atoms with Crippen LogP contribution in [-0.2, 0) is 29.0 Å². The van der Waals surface area contributed by atoms with Crippen molar-refractivity contribution in [2.45, 2.75) is 30.7 Å². The number of hydrogen-bond donors (Lipinski definition) is 3. The van der Waals surface area contributed by atoms with Crippen molar-refractivity contribution in [2.24, 2.45) is 0 Å². The quantitative estimate of drug-likeness (QED) is 0.481. The SMILES string of the molecule is O=C(OCc1ccccc1)C1=CC(O)(Cc2ccccc2)C(O)(Cc2ccccc2)C(O)=C1. The van der Waals surface area contributed by atoms with E-state index in [-0.39, 0.29) is 25.0 Å². The number of aliphatic hydroxyl groups is 3. The van der Waals surface area contributed by atoms with E-state index < -0.39 is 22.9 Å². The summed E-state index contributed by atoms with van der Waals surface area (Å²) in [5, 5.41) is 34.3. The molecule has 1 aliphatic rings. The maximum absolute atomic E-state index is 12.8. The standard InChI is InChI=1S/C28H26O5/c29-25-16-24(26(30)33-20-23-14-8-3-9-15-23)19-27(31,17-21-10-4-1-5-11-21)28(25,32)18-22-12-6-2-7-13-22/h1-16,19,29,31-32H,17-18,20H2. The average Bonchev–Trinajstić information content (AvgIpc) is 2.83. The third kappa shape index (κ3) is 4.90. The third-order valence-electron chi connectivity index (χ3n) is 5.89. The Morgan fingerprint density at radius 3 is 1.76 bits per heavy atom. The molecule has 0 heterocycles. The van der Waals surface area contributed by atoms with Gasteiger partial charge >= 0.3 is 5.97 Å². The van der Waals surface area contributed by atoms with E-state index in [2.05, 4.69) is 0 Å². The number of aliphatic hydroxyl groups excluding tert-OH is 1. The fraction of sp³-hybridized carbons (Fsp3) is 0.179. The minimum absolute atomic E-state index is 0.00939. The molecule has 0 fully saturated rings. The molecular formula is C28H26O5. The molecule has 33 heavy (non-hydrogen) atoms. The normalized spacial score (nSPS) is 22.2. The number of hydrogen-bond acceptors (Lipinski definition) is 5. The number of esters is 1. The van der Waals surface area contributed by atoms with Crippen molar-refractivity contribution in [3.8, 4) is 0 Å². The second-order valence-corrected chi connectivity index (χ2v) is 8.30. The lowest BCUT2D eigenvalue weighted by molar-refractivity contribution is -0.142. The second-order valence-electron chi connectivity index (χ2n) is 8.30. The highest BCUT2D eigenvalue weighted by Gasteiger charge is 2.53. The molecule has 0 bridgehead atoms. The molecule has 4 rings (SSSR count). The predicted octanol–water partition coefficient (Wildman–Crippen LogP) is 4.06. The largest absolute Gasteiger partial charge is 0.509 e. The molecule has 0 saturated carbocycles. The minimum Gasteiger partial charge on any atom is -0.509 e. The first-order valence-electron chi connectivity index (χ1n) is 10.8. The van der Waals surface area contributed by atoms with Crippen LogP contribution in [0, 0.1) is 0 Å². The van der Waals surface area contributed by atoms with Gasteiger partial charge in [0.05, 0.1) is 5.57 Å². The van der Waals surface area contributed by atoms with Gasteiger partial charge in [0.15, 0.2) is 5.60 Å². The van der Waals surface area contributed by atoms with Gasteiger partial charge in [-0.25, -0.2) is 4.79 Å². The molecule has 0 radical (unpaired) electrons. The van der Waals surface area contributed by atoms with Crippen LogP contribution in [0.1, 0.15) is 16.7 Å². The highest BCUT2D eigenvalue weighted by Crippen LogP contribution is 2.40. The van der Waals surface area contributed by atoms with Crippen LogP contribution < -0.4 is 0 Å². The van der Waals surface area contributed by atoms with Crippen molar-refractivity contribution in [1.29, 1.82) is 0 Å². The fourth-order valence-electron chi connectivity index (χ4n) is 4.07. The van der Waals surface area contributed by atoms with Gasteiger partial charge in [-0.05, 0) is 28.8 Å². The van der Waals surface area contributed by atoms with Crippen molar-refractivity contribution in [1.82, 2.24) is 0 Å². The van der Waals surface area contributed by atoms with Crippen LogP contribution in [0.2, 0.25) is 0 Å². The monoisotopic (exact) mass is 442 g/mol. The minimum atomic E-state index is -2.03. The summed E-state index contributed by atoms with van der Waals surface area (Å²) in [5.41, 5.74) is -1.71. The molecular weight excluding hydrogens is 416 g/mol. The first-order chi connectivity index (χ1) is 15.9. The Morgan fingerprint density at radius 2 is 1.21 bits per heavy atom. The first kappa shape index (κ1) is 22.5. The number of carbonyl (C=O) groups excluding carboxylic acids is 1. The van der Waals surface area contributed by atoms with E-state index in [9.17, 15) is 20.1 Å². The predicted molar refractivity (Wildman–Crippen MR) is 125 cm³/mol. The number of ether oxygens (including phenoxy) is 1. The number of rotatable bonds is 7. The molecule has 0 aromatic heterocycles.